The maximum absolute atomic E-state index is 10.9. The van der Waals surface area contributed by atoms with Crippen LogP contribution in [-0.2, 0) is 0 Å². The highest BCUT2D eigenvalue weighted by Gasteiger charge is 2.20. The molecule has 1 aromatic carbocycles. The monoisotopic (exact) mass is 248 g/mol. The number of benzene rings is 1. The molecule has 2 heterocycles. The van der Waals surface area contributed by atoms with Crippen molar-refractivity contribution in [1.82, 2.24) is 15.2 Å². The molecule has 0 bridgehead atoms. The zero-order valence-electron chi connectivity index (χ0n) is 8.35. The second kappa shape index (κ2) is 3.39. The molecule has 0 saturated heterocycles. The molecule has 0 spiro atoms. The highest BCUT2D eigenvalue weighted by atomic mass is 35.5. The Labute approximate surface area is 99.4 Å². The van der Waals surface area contributed by atoms with Crippen molar-refractivity contribution in [2.24, 2.45) is 0 Å². The molecule has 1 N–H and O–H groups in total. The Kier molecular flexibility index (Phi) is 1.99. The van der Waals surface area contributed by atoms with E-state index >= 15 is 0 Å². The summed E-state index contributed by atoms with van der Waals surface area (Å²) in [7, 11) is 0. The van der Waals surface area contributed by atoms with Gasteiger partial charge in [0, 0.05) is 5.39 Å². The minimum atomic E-state index is -0.516. The Morgan fingerprint density at radius 1 is 1.35 bits per heavy atom. The van der Waals surface area contributed by atoms with Crippen molar-refractivity contribution in [3.05, 3.63) is 39.5 Å². The van der Waals surface area contributed by atoms with E-state index in [2.05, 4.69) is 15.2 Å². The minimum Gasteiger partial charge on any atom is -0.358 e. The molecule has 0 amide bonds. The van der Waals surface area contributed by atoms with Gasteiger partial charge in [0.2, 0.25) is 0 Å². The average molecular weight is 249 g/mol. The van der Waals surface area contributed by atoms with Crippen molar-refractivity contribution < 1.29 is 4.92 Å². The van der Waals surface area contributed by atoms with E-state index in [1.807, 2.05) is 0 Å². The number of hydrogen-bond acceptors (Lipinski definition) is 4. The lowest BCUT2D eigenvalue weighted by Gasteiger charge is -1.99. The predicted octanol–water partition coefficient (Wildman–Crippen LogP) is 2.67. The Morgan fingerprint density at radius 3 is 2.88 bits per heavy atom. The van der Waals surface area contributed by atoms with Crippen LogP contribution >= 0.6 is 11.6 Å². The van der Waals surface area contributed by atoms with Gasteiger partial charge in [-0.25, -0.2) is 4.98 Å². The van der Waals surface area contributed by atoms with Crippen molar-refractivity contribution in [3.63, 3.8) is 0 Å². The molecule has 0 aliphatic rings. The van der Waals surface area contributed by atoms with Crippen LogP contribution in [-0.4, -0.2) is 20.1 Å². The summed E-state index contributed by atoms with van der Waals surface area (Å²) in [4.78, 5) is 14.5. The van der Waals surface area contributed by atoms with Gasteiger partial charge in [0.05, 0.1) is 5.52 Å². The molecule has 0 aliphatic carbocycles. The van der Waals surface area contributed by atoms with Crippen LogP contribution in [0.4, 0.5) is 5.82 Å². The number of rotatable bonds is 1. The van der Waals surface area contributed by atoms with Crippen LogP contribution in [0.5, 0.6) is 0 Å². The van der Waals surface area contributed by atoms with Gasteiger partial charge in [0.15, 0.2) is 10.7 Å². The van der Waals surface area contributed by atoms with Crippen molar-refractivity contribution in [2.45, 2.75) is 0 Å². The molecule has 3 rings (SSSR count). The van der Waals surface area contributed by atoms with Gasteiger partial charge < -0.3 is 10.1 Å². The molecule has 0 fully saturated rings. The topological polar surface area (TPSA) is 84.7 Å². The largest absolute Gasteiger partial charge is 0.358 e. The van der Waals surface area contributed by atoms with Crippen LogP contribution in [0.25, 0.3) is 21.8 Å². The third-order valence-electron chi connectivity index (χ3n) is 2.52. The van der Waals surface area contributed by atoms with E-state index in [0.717, 1.165) is 0 Å². The second-order valence-corrected chi connectivity index (χ2v) is 3.83. The number of H-pyrrole nitrogens is 1. The molecule has 17 heavy (non-hydrogen) atoms. The lowest BCUT2D eigenvalue weighted by atomic mass is 10.1. The first-order valence-corrected chi connectivity index (χ1v) is 5.13. The lowest BCUT2D eigenvalue weighted by molar-refractivity contribution is -0.387. The summed E-state index contributed by atoms with van der Waals surface area (Å²) in [5.74, 6) is -0.166. The van der Waals surface area contributed by atoms with Crippen LogP contribution in [0.1, 0.15) is 0 Å². The number of nitrogens with zero attached hydrogens (tertiary/aromatic N) is 3. The number of aromatic nitrogens is 3. The summed E-state index contributed by atoms with van der Waals surface area (Å²) in [5, 5.41) is 18.3. The van der Waals surface area contributed by atoms with Gasteiger partial charge in [-0.15, -0.1) is 5.10 Å². The molecule has 7 heteroatoms. The summed E-state index contributed by atoms with van der Waals surface area (Å²) in [6.45, 7) is 0. The quantitative estimate of drug-likeness (QED) is 0.408. The first-order valence-electron chi connectivity index (χ1n) is 4.75. The molecule has 0 atom stereocenters. The molecule has 6 nitrogen and oxygen atoms in total. The number of pyridine rings is 1. The van der Waals surface area contributed by atoms with Gasteiger partial charge in [0.1, 0.15) is 5.39 Å². The van der Waals surface area contributed by atoms with Gasteiger partial charge in [0.25, 0.3) is 0 Å². The predicted molar refractivity (Wildman–Crippen MR) is 63.1 cm³/mol. The standard InChI is InChI=1S/C10H5ClN4O2/c11-9-8-7(10(14-13-8)15(16)17)5-3-1-2-4-6(5)12-9/h1-4H,(H,13,14). The summed E-state index contributed by atoms with van der Waals surface area (Å²) in [6, 6.07) is 7.08. The van der Waals surface area contributed by atoms with Crippen LogP contribution < -0.4 is 0 Å². The molecule has 0 saturated carbocycles. The normalized spacial score (nSPS) is 11.1. The first kappa shape index (κ1) is 9.98. The van der Waals surface area contributed by atoms with E-state index in [1.165, 1.54) is 0 Å². The van der Waals surface area contributed by atoms with Crippen LogP contribution in [0.15, 0.2) is 24.3 Å². The number of nitro groups is 1. The van der Waals surface area contributed by atoms with E-state index < -0.39 is 4.92 Å². The highest BCUT2D eigenvalue weighted by Crippen LogP contribution is 2.33. The summed E-state index contributed by atoms with van der Waals surface area (Å²) in [6.07, 6.45) is 0. The summed E-state index contributed by atoms with van der Waals surface area (Å²) < 4.78 is 0. The Bertz CT molecular complexity index is 752. The van der Waals surface area contributed by atoms with Gasteiger partial charge in [-0.2, -0.15) is 0 Å². The van der Waals surface area contributed by atoms with E-state index in [4.69, 9.17) is 11.6 Å². The molecule has 84 valence electrons. The summed E-state index contributed by atoms with van der Waals surface area (Å²) in [5.41, 5.74) is 0.923. The number of nitrogens with one attached hydrogen (secondary N) is 1. The molecule has 0 aliphatic heterocycles. The van der Waals surface area contributed by atoms with Crippen LogP contribution in [0.2, 0.25) is 5.15 Å². The SMILES string of the molecule is O=[N+]([O-])c1[nH]nc2c(Cl)nc3ccccc3c12. The Morgan fingerprint density at radius 2 is 2.12 bits per heavy atom. The molecule has 0 unspecified atom stereocenters. The van der Waals surface area contributed by atoms with Crippen molar-refractivity contribution in [3.8, 4) is 0 Å². The van der Waals surface area contributed by atoms with Gasteiger partial charge in [-0.3, -0.25) is 0 Å². The maximum atomic E-state index is 10.9. The Hall–Kier alpha value is -2.21. The third kappa shape index (κ3) is 1.34. The maximum Gasteiger partial charge on any atom is 0.351 e. The fourth-order valence-corrected chi connectivity index (χ4v) is 2.04. The molecular formula is C10H5ClN4O2. The van der Waals surface area contributed by atoms with Gasteiger partial charge >= 0.3 is 5.82 Å². The zero-order valence-corrected chi connectivity index (χ0v) is 9.10. The highest BCUT2D eigenvalue weighted by molar-refractivity contribution is 6.35. The fraction of sp³-hybridized carbons (Fsp3) is 0. The average Bonchev–Trinajstić information content (AvgIpc) is 2.74. The molecule has 0 radical (unpaired) electrons. The van der Waals surface area contributed by atoms with Crippen molar-refractivity contribution in [1.29, 1.82) is 0 Å². The van der Waals surface area contributed by atoms with E-state index in [-0.39, 0.29) is 11.0 Å². The zero-order chi connectivity index (χ0) is 12.0. The smallest absolute Gasteiger partial charge is 0.351 e. The van der Waals surface area contributed by atoms with Gasteiger partial charge in [-0.05, 0) is 11.0 Å². The second-order valence-electron chi connectivity index (χ2n) is 3.47. The number of hydrogen-bond donors (Lipinski definition) is 1. The molecule has 2 aromatic heterocycles. The van der Waals surface area contributed by atoms with Crippen molar-refractivity contribution >= 4 is 39.2 Å². The first-order chi connectivity index (χ1) is 8.18. The van der Waals surface area contributed by atoms with E-state index in [0.29, 0.717) is 21.8 Å². The Balaban J connectivity index is 2.61. The van der Waals surface area contributed by atoms with Crippen LogP contribution in [0.3, 0.4) is 0 Å². The number of halogens is 1. The van der Waals surface area contributed by atoms with Gasteiger partial charge in [-0.1, -0.05) is 34.9 Å². The fourth-order valence-electron chi connectivity index (χ4n) is 1.81. The number of para-hydroxylation sites is 1. The lowest BCUT2D eigenvalue weighted by Crippen LogP contribution is -1.89. The van der Waals surface area contributed by atoms with Crippen molar-refractivity contribution in [2.75, 3.05) is 0 Å². The third-order valence-corrected chi connectivity index (χ3v) is 2.78. The molecular weight excluding hydrogens is 244 g/mol. The summed E-state index contributed by atoms with van der Waals surface area (Å²) >= 11 is 5.94. The number of fused-ring (bicyclic) bond motifs is 3. The minimum absolute atomic E-state index is 0.156. The van der Waals surface area contributed by atoms with E-state index in [9.17, 15) is 10.1 Å². The molecule has 3 aromatic rings. The van der Waals surface area contributed by atoms with E-state index in [1.54, 1.807) is 24.3 Å². The van der Waals surface area contributed by atoms with Crippen LogP contribution in [0, 0.1) is 10.1 Å². The number of aromatic amines is 1.